The molecular formula is C33H28N2O6. The quantitative estimate of drug-likeness (QED) is 0.190. The zero-order valence-electron chi connectivity index (χ0n) is 22.7. The van der Waals surface area contributed by atoms with Crippen LogP contribution < -0.4 is 9.47 Å². The number of methoxy groups -OCH3 is 2. The van der Waals surface area contributed by atoms with E-state index in [1.807, 2.05) is 78.9 Å². The first kappa shape index (κ1) is 27.2. The number of ether oxygens (including phenoxy) is 4. The molecule has 1 aromatic heterocycles. The predicted molar refractivity (Wildman–Crippen MR) is 153 cm³/mol. The lowest BCUT2D eigenvalue weighted by molar-refractivity contribution is 0.0549. The molecule has 5 aromatic rings. The molecule has 0 aliphatic rings. The first-order valence-electron chi connectivity index (χ1n) is 12.9. The molecule has 206 valence electrons. The third-order valence-electron chi connectivity index (χ3n) is 6.35. The summed E-state index contributed by atoms with van der Waals surface area (Å²) in [5, 5.41) is 4.72. The first-order chi connectivity index (χ1) is 20.1. The zero-order chi connectivity index (χ0) is 28.6. The van der Waals surface area contributed by atoms with Crippen molar-refractivity contribution in [3.8, 4) is 28.4 Å². The van der Waals surface area contributed by atoms with Gasteiger partial charge in [-0.15, -0.1) is 0 Å². The van der Waals surface area contributed by atoms with E-state index in [0.29, 0.717) is 29.4 Å². The summed E-state index contributed by atoms with van der Waals surface area (Å²) in [5.41, 5.74) is 3.13. The van der Waals surface area contributed by atoms with Crippen LogP contribution in [-0.4, -0.2) is 35.9 Å². The van der Waals surface area contributed by atoms with Gasteiger partial charge in [0.15, 0.2) is 5.69 Å². The second kappa shape index (κ2) is 12.7. The number of esters is 2. The van der Waals surface area contributed by atoms with Crippen molar-refractivity contribution in [1.29, 1.82) is 0 Å². The predicted octanol–water partition coefficient (Wildman–Crippen LogP) is 6.27. The highest BCUT2D eigenvalue weighted by Crippen LogP contribution is 2.38. The van der Waals surface area contributed by atoms with Crippen molar-refractivity contribution in [2.24, 2.45) is 0 Å². The standard InChI is InChI=1S/C33H28N2O6/c1-38-32(36)29-30(34-35(31(29)33(37)39-2)25-16-10-5-11-17-25)27-19-18-26(40-21-23-12-6-3-7-13-23)20-28(27)41-22-24-14-8-4-9-15-24/h3-20H,21-22H2,1-2H3. The molecule has 1 heterocycles. The topological polar surface area (TPSA) is 88.9 Å². The normalized spacial score (nSPS) is 10.6. The largest absolute Gasteiger partial charge is 0.489 e. The van der Waals surface area contributed by atoms with Gasteiger partial charge in [0, 0.05) is 11.6 Å². The maximum absolute atomic E-state index is 13.2. The summed E-state index contributed by atoms with van der Waals surface area (Å²) in [6.45, 7) is 0.619. The Bertz CT molecular complexity index is 1630. The molecule has 0 spiro atoms. The number of rotatable bonds is 10. The second-order valence-corrected chi connectivity index (χ2v) is 9.01. The van der Waals surface area contributed by atoms with E-state index in [1.54, 1.807) is 30.3 Å². The van der Waals surface area contributed by atoms with E-state index in [1.165, 1.54) is 18.9 Å². The van der Waals surface area contributed by atoms with Crippen molar-refractivity contribution in [1.82, 2.24) is 9.78 Å². The molecule has 41 heavy (non-hydrogen) atoms. The number of aromatic nitrogens is 2. The summed E-state index contributed by atoms with van der Waals surface area (Å²) < 4.78 is 23.9. The summed E-state index contributed by atoms with van der Waals surface area (Å²) >= 11 is 0. The molecule has 0 radical (unpaired) electrons. The number of hydrogen-bond donors (Lipinski definition) is 0. The van der Waals surface area contributed by atoms with E-state index in [4.69, 9.17) is 24.0 Å². The van der Waals surface area contributed by atoms with Crippen LogP contribution in [0.25, 0.3) is 16.9 Å². The Labute approximate surface area is 237 Å². The van der Waals surface area contributed by atoms with Gasteiger partial charge < -0.3 is 18.9 Å². The van der Waals surface area contributed by atoms with Crippen LogP contribution in [-0.2, 0) is 22.7 Å². The molecule has 0 atom stereocenters. The third kappa shape index (κ3) is 6.12. The lowest BCUT2D eigenvalue weighted by Crippen LogP contribution is -2.15. The average Bonchev–Trinajstić information content (AvgIpc) is 3.44. The van der Waals surface area contributed by atoms with Crippen LogP contribution >= 0.6 is 0 Å². The number of carbonyl (C=O) groups is 2. The summed E-state index contributed by atoms with van der Waals surface area (Å²) in [7, 11) is 2.50. The number of nitrogens with zero attached hydrogens (tertiary/aromatic N) is 2. The molecule has 0 unspecified atom stereocenters. The van der Waals surface area contributed by atoms with Crippen LogP contribution in [0.1, 0.15) is 32.0 Å². The monoisotopic (exact) mass is 548 g/mol. The van der Waals surface area contributed by atoms with Crippen molar-refractivity contribution in [2.75, 3.05) is 14.2 Å². The second-order valence-electron chi connectivity index (χ2n) is 9.01. The number of para-hydroxylation sites is 1. The van der Waals surface area contributed by atoms with Crippen LogP contribution in [0.4, 0.5) is 0 Å². The van der Waals surface area contributed by atoms with Crippen LogP contribution in [0.2, 0.25) is 0 Å². The first-order valence-corrected chi connectivity index (χ1v) is 12.9. The molecule has 0 bridgehead atoms. The molecule has 0 aliphatic carbocycles. The van der Waals surface area contributed by atoms with Crippen molar-refractivity contribution < 1.29 is 28.5 Å². The summed E-state index contributed by atoms with van der Waals surface area (Å²) in [5.74, 6) is -0.488. The molecule has 8 heteroatoms. The molecule has 5 rings (SSSR count). The minimum atomic E-state index is -0.735. The Kier molecular flexibility index (Phi) is 8.40. The van der Waals surface area contributed by atoms with Gasteiger partial charge in [-0.25, -0.2) is 14.3 Å². The molecule has 0 N–H and O–H groups in total. The van der Waals surface area contributed by atoms with Gasteiger partial charge in [0.2, 0.25) is 0 Å². The van der Waals surface area contributed by atoms with Crippen LogP contribution in [0.5, 0.6) is 11.5 Å². The fourth-order valence-electron chi connectivity index (χ4n) is 4.33. The molecular weight excluding hydrogens is 520 g/mol. The van der Waals surface area contributed by atoms with E-state index in [0.717, 1.165) is 11.1 Å². The Morgan fingerprint density at radius 2 is 1.24 bits per heavy atom. The van der Waals surface area contributed by atoms with Gasteiger partial charge in [-0.1, -0.05) is 78.9 Å². The Balaban J connectivity index is 1.63. The number of carbonyl (C=O) groups excluding carboxylic acids is 2. The lowest BCUT2D eigenvalue weighted by atomic mass is 10.0. The average molecular weight is 549 g/mol. The molecule has 4 aromatic carbocycles. The van der Waals surface area contributed by atoms with Crippen molar-refractivity contribution in [2.45, 2.75) is 13.2 Å². The van der Waals surface area contributed by atoms with E-state index < -0.39 is 11.9 Å². The van der Waals surface area contributed by atoms with E-state index in [2.05, 4.69) is 0 Å². The van der Waals surface area contributed by atoms with Crippen LogP contribution in [0.3, 0.4) is 0 Å². The maximum atomic E-state index is 13.2. The Morgan fingerprint density at radius 1 is 0.683 bits per heavy atom. The van der Waals surface area contributed by atoms with Crippen molar-refractivity contribution in [3.05, 3.63) is 132 Å². The van der Waals surface area contributed by atoms with E-state index >= 15 is 0 Å². The van der Waals surface area contributed by atoms with Gasteiger partial charge in [0.25, 0.3) is 0 Å². The smallest absolute Gasteiger partial charge is 0.357 e. The maximum Gasteiger partial charge on any atom is 0.357 e. The number of benzene rings is 4. The Hall–Kier alpha value is -5.37. The molecule has 0 saturated heterocycles. The van der Waals surface area contributed by atoms with Gasteiger partial charge >= 0.3 is 11.9 Å². The van der Waals surface area contributed by atoms with Gasteiger partial charge in [0.1, 0.15) is 36.0 Å². The van der Waals surface area contributed by atoms with Crippen molar-refractivity contribution in [3.63, 3.8) is 0 Å². The fraction of sp³-hybridized carbons (Fsp3) is 0.121. The molecule has 8 nitrogen and oxygen atoms in total. The molecule has 0 saturated carbocycles. The summed E-state index contributed by atoms with van der Waals surface area (Å²) in [4.78, 5) is 26.2. The van der Waals surface area contributed by atoms with E-state index in [-0.39, 0.29) is 23.6 Å². The minimum Gasteiger partial charge on any atom is -0.489 e. The SMILES string of the molecule is COC(=O)c1c(-c2ccc(OCc3ccccc3)cc2OCc2ccccc2)nn(-c2ccccc2)c1C(=O)OC. The Morgan fingerprint density at radius 3 is 1.83 bits per heavy atom. The van der Waals surface area contributed by atoms with Gasteiger partial charge in [0.05, 0.1) is 19.9 Å². The highest BCUT2D eigenvalue weighted by molar-refractivity contribution is 6.07. The lowest BCUT2D eigenvalue weighted by Gasteiger charge is -2.14. The minimum absolute atomic E-state index is 0.0364. The van der Waals surface area contributed by atoms with E-state index in [9.17, 15) is 9.59 Å². The van der Waals surface area contributed by atoms with Gasteiger partial charge in [-0.3, -0.25) is 0 Å². The fourth-order valence-corrected chi connectivity index (χ4v) is 4.33. The highest BCUT2D eigenvalue weighted by Gasteiger charge is 2.32. The third-order valence-corrected chi connectivity index (χ3v) is 6.35. The van der Waals surface area contributed by atoms with Crippen molar-refractivity contribution >= 4 is 11.9 Å². The van der Waals surface area contributed by atoms with Gasteiger partial charge in [-0.05, 0) is 35.4 Å². The molecule has 0 aliphatic heterocycles. The van der Waals surface area contributed by atoms with Crippen LogP contribution in [0.15, 0.2) is 109 Å². The zero-order valence-corrected chi connectivity index (χ0v) is 22.7. The summed E-state index contributed by atoms with van der Waals surface area (Å²) in [6.07, 6.45) is 0. The summed E-state index contributed by atoms with van der Waals surface area (Å²) in [6, 6.07) is 33.8. The van der Waals surface area contributed by atoms with Crippen LogP contribution in [0, 0.1) is 0 Å². The molecule has 0 amide bonds. The van der Waals surface area contributed by atoms with Gasteiger partial charge in [-0.2, -0.15) is 5.10 Å². The molecule has 0 fully saturated rings. The number of hydrogen-bond acceptors (Lipinski definition) is 7. The highest BCUT2D eigenvalue weighted by atomic mass is 16.5.